The highest BCUT2D eigenvalue weighted by atomic mass is 16.7. The third kappa shape index (κ3) is 2.43. The van der Waals surface area contributed by atoms with Crippen LogP contribution >= 0.6 is 0 Å². The predicted octanol–water partition coefficient (Wildman–Crippen LogP) is 2.72. The Kier molecular flexibility index (Phi) is 3.49. The molecular formula is C13H23BO4. The molecule has 1 heterocycles. The fraction of sp³-hybridized carbons (Fsp3) is 0.923. The van der Waals surface area contributed by atoms with Gasteiger partial charge in [0.25, 0.3) is 0 Å². The Hall–Kier alpha value is -0.545. The van der Waals surface area contributed by atoms with E-state index in [1.165, 1.54) is 0 Å². The zero-order valence-corrected chi connectivity index (χ0v) is 11.7. The van der Waals surface area contributed by atoms with Crippen molar-refractivity contribution in [1.82, 2.24) is 0 Å². The summed E-state index contributed by atoms with van der Waals surface area (Å²) in [4.78, 5) is 10.9. The molecule has 0 aromatic heterocycles. The molecule has 0 aromatic rings. The van der Waals surface area contributed by atoms with E-state index in [1.807, 2.05) is 0 Å². The molecule has 2 rings (SSSR count). The van der Waals surface area contributed by atoms with Crippen molar-refractivity contribution in [3.05, 3.63) is 0 Å². The molecule has 0 bridgehead atoms. The number of aliphatic carboxylic acids is 1. The molecule has 0 atom stereocenters. The van der Waals surface area contributed by atoms with Crippen LogP contribution in [-0.4, -0.2) is 29.4 Å². The van der Waals surface area contributed by atoms with Gasteiger partial charge in [0, 0.05) is 0 Å². The lowest BCUT2D eigenvalue weighted by molar-refractivity contribution is -0.142. The van der Waals surface area contributed by atoms with Crippen LogP contribution in [0.15, 0.2) is 0 Å². The second-order valence-corrected chi connectivity index (χ2v) is 6.57. The quantitative estimate of drug-likeness (QED) is 0.770. The van der Waals surface area contributed by atoms with Crippen molar-refractivity contribution in [3.8, 4) is 0 Å². The average molecular weight is 254 g/mol. The van der Waals surface area contributed by atoms with Crippen LogP contribution in [0.5, 0.6) is 0 Å². The van der Waals surface area contributed by atoms with Gasteiger partial charge in [-0.3, -0.25) is 4.79 Å². The fourth-order valence-corrected chi connectivity index (χ4v) is 2.72. The molecule has 18 heavy (non-hydrogen) atoms. The molecule has 1 N–H and O–H groups in total. The number of rotatable bonds is 2. The van der Waals surface area contributed by atoms with Crippen molar-refractivity contribution < 1.29 is 19.2 Å². The lowest BCUT2D eigenvalue weighted by Crippen LogP contribution is -2.41. The lowest BCUT2D eigenvalue weighted by Gasteiger charge is -2.32. The van der Waals surface area contributed by atoms with Gasteiger partial charge in [0.05, 0.1) is 17.1 Å². The summed E-state index contributed by atoms with van der Waals surface area (Å²) in [5.41, 5.74) is -0.581. The van der Waals surface area contributed by atoms with Gasteiger partial charge in [-0.1, -0.05) is 12.8 Å². The molecule has 1 saturated heterocycles. The Morgan fingerprint density at radius 3 is 1.89 bits per heavy atom. The van der Waals surface area contributed by atoms with Gasteiger partial charge in [-0.25, -0.2) is 0 Å². The SMILES string of the molecule is CC1(C)OB(C2CCC(C(=O)O)CC2)OC1(C)C. The second kappa shape index (κ2) is 4.53. The topological polar surface area (TPSA) is 55.8 Å². The summed E-state index contributed by atoms with van der Waals surface area (Å²) in [6.45, 7) is 8.21. The molecule has 4 nitrogen and oxygen atoms in total. The number of carboxylic acid groups (broad SMARTS) is 1. The standard InChI is InChI=1S/C13H23BO4/c1-12(2)13(3,4)18-14(17-12)10-7-5-9(6-8-10)11(15)16/h9-10H,5-8H2,1-4H3,(H,15,16). The van der Waals surface area contributed by atoms with Crippen LogP contribution < -0.4 is 0 Å². The molecule has 2 aliphatic rings. The molecule has 2 fully saturated rings. The lowest BCUT2D eigenvalue weighted by atomic mass is 9.62. The molecule has 1 saturated carbocycles. The van der Waals surface area contributed by atoms with Crippen LogP contribution in [0.25, 0.3) is 0 Å². The van der Waals surface area contributed by atoms with Crippen LogP contribution in [0.1, 0.15) is 53.4 Å². The Balaban J connectivity index is 1.94. The number of carbonyl (C=O) groups is 1. The van der Waals surface area contributed by atoms with E-state index in [-0.39, 0.29) is 24.2 Å². The van der Waals surface area contributed by atoms with E-state index in [2.05, 4.69) is 27.7 Å². The minimum absolute atomic E-state index is 0.176. The van der Waals surface area contributed by atoms with Gasteiger partial charge in [-0.2, -0.15) is 0 Å². The van der Waals surface area contributed by atoms with Crippen molar-refractivity contribution in [2.45, 2.75) is 70.4 Å². The monoisotopic (exact) mass is 254 g/mol. The van der Waals surface area contributed by atoms with Crippen molar-refractivity contribution in [2.75, 3.05) is 0 Å². The zero-order chi connectivity index (χ0) is 13.6. The van der Waals surface area contributed by atoms with Crippen LogP contribution in [0, 0.1) is 5.92 Å². The zero-order valence-electron chi connectivity index (χ0n) is 11.7. The molecule has 102 valence electrons. The van der Waals surface area contributed by atoms with Crippen LogP contribution in [0.2, 0.25) is 5.82 Å². The molecule has 0 unspecified atom stereocenters. The average Bonchev–Trinajstić information content (AvgIpc) is 2.48. The highest BCUT2D eigenvalue weighted by molar-refractivity contribution is 6.47. The van der Waals surface area contributed by atoms with Crippen molar-refractivity contribution >= 4 is 13.1 Å². The molecule has 0 spiro atoms. The Labute approximate surface area is 109 Å². The number of hydrogen-bond acceptors (Lipinski definition) is 3. The molecule has 5 heteroatoms. The van der Waals surface area contributed by atoms with Crippen LogP contribution in [0.3, 0.4) is 0 Å². The highest BCUT2D eigenvalue weighted by Gasteiger charge is 2.54. The van der Waals surface area contributed by atoms with E-state index >= 15 is 0 Å². The molecule has 0 amide bonds. The molecule has 1 aliphatic heterocycles. The van der Waals surface area contributed by atoms with Gasteiger partial charge < -0.3 is 14.4 Å². The maximum Gasteiger partial charge on any atom is 0.461 e. The number of hydrogen-bond donors (Lipinski definition) is 1. The van der Waals surface area contributed by atoms with E-state index in [4.69, 9.17) is 14.4 Å². The molecular weight excluding hydrogens is 231 g/mol. The van der Waals surface area contributed by atoms with Gasteiger partial charge in [0.15, 0.2) is 0 Å². The third-order valence-electron chi connectivity index (χ3n) is 4.78. The third-order valence-corrected chi connectivity index (χ3v) is 4.78. The van der Waals surface area contributed by atoms with Gasteiger partial charge in [-0.05, 0) is 46.4 Å². The second-order valence-electron chi connectivity index (χ2n) is 6.57. The Morgan fingerprint density at radius 1 is 1.06 bits per heavy atom. The first-order valence-corrected chi connectivity index (χ1v) is 6.81. The molecule has 1 aliphatic carbocycles. The summed E-state index contributed by atoms with van der Waals surface area (Å²) >= 11 is 0. The smallest absolute Gasteiger partial charge is 0.461 e. The molecule has 0 aromatic carbocycles. The number of carboxylic acids is 1. The van der Waals surface area contributed by atoms with Gasteiger partial charge >= 0.3 is 13.1 Å². The first kappa shape index (κ1) is 13.9. The van der Waals surface area contributed by atoms with E-state index in [1.54, 1.807) is 0 Å². The van der Waals surface area contributed by atoms with Crippen molar-refractivity contribution in [3.63, 3.8) is 0 Å². The van der Waals surface area contributed by atoms with E-state index in [0.29, 0.717) is 5.82 Å². The summed E-state index contributed by atoms with van der Waals surface area (Å²) in [6, 6.07) is 0. The Bertz CT molecular complexity index is 316. The summed E-state index contributed by atoms with van der Waals surface area (Å²) in [7, 11) is -0.176. The highest BCUT2D eigenvalue weighted by Crippen LogP contribution is 2.44. The van der Waals surface area contributed by atoms with E-state index < -0.39 is 5.97 Å². The van der Waals surface area contributed by atoms with Gasteiger partial charge in [0.1, 0.15) is 0 Å². The maximum atomic E-state index is 10.9. The van der Waals surface area contributed by atoms with E-state index in [9.17, 15) is 4.79 Å². The van der Waals surface area contributed by atoms with Crippen molar-refractivity contribution in [2.24, 2.45) is 5.92 Å². The first-order chi connectivity index (χ1) is 8.23. The van der Waals surface area contributed by atoms with Gasteiger partial charge in [0.2, 0.25) is 0 Å². The van der Waals surface area contributed by atoms with Crippen molar-refractivity contribution in [1.29, 1.82) is 0 Å². The normalized spacial score (nSPS) is 34.6. The van der Waals surface area contributed by atoms with Gasteiger partial charge in [-0.15, -0.1) is 0 Å². The summed E-state index contributed by atoms with van der Waals surface area (Å²) in [5.74, 6) is -0.507. The van der Waals surface area contributed by atoms with Crippen LogP contribution in [0.4, 0.5) is 0 Å². The summed E-state index contributed by atoms with van der Waals surface area (Å²) < 4.78 is 12.1. The summed E-state index contributed by atoms with van der Waals surface area (Å²) in [6.07, 6.45) is 3.25. The first-order valence-electron chi connectivity index (χ1n) is 6.81. The van der Waals surface area contributed by atoms with Crippen LogP contribution in [-0.2, 0) is 14.1 Å². The maximum absolute atomic E-state index is 10.9. The fourth-order valence-electron chi connectivity index (χ4n) is 2.72. The predicted molar refractivity (Wildman–Crippen MR) is 69.4 cm³/mol. The minimum atomic E-state index is -0.664. The summed E-state index contributed by atoms with van der Waals surface area (Å²) in [5, 5.41) is 8.99. The molecule has 0 radical (unpaired) electrons. The van der Waals surface area contributed by atoms with E-state index in [0.717, 1.165) is 25.7 Å². The Morgan fingerprint density at radius 2 is 1.50 bits per heavy atom. The minimum Gasteiger partial charge on any atom is -0.481 e. The largest absolute Gasteiger partial charge is 0.481 e.